The number of hydrogen-bond donors (Lipinski definition) is 0. The van der Waals surface area contributed by atoms with E-state index in [1.165, 1.54) is 23.5 Å². The maximum absolute atomic E-state index is 14.2. The average molecular weight is 612 g/mol. The van der Waals surface area contributed by atoms with Gasteiger partial charge in [-0.1, -0.05) is 42.5 Å². The minimum Gasteiger partial charge on any atom is -0.489 e. The number of fused-ring (bicyclic) bond motifs is 1. The molecule has 4 aromatic carbocycles. The molecular weight excluding hydrogens is 576 g/mol. The summed E-state index contributed by atoms with van der Waals surface area (Å²) in [6.45, 7) is 6.16. The zero-order valence-corrected chi connectivity index (χ0v) is 25.8. The molecule has 1 aliphatic rings. The molecule has 1 atom stereocenters. The van der Waals surface area contributed by atoms with Crippen molar-refractivity contribution in [2.45, 2.75) is 39.4 Å². The van der Waals surface area contributed by atoms with Crippen molar-refractivity contribution in [3.63, 3.8) is 0 Å². The van der Waals surface area contributed by atoms with Gasteiger partial charge >= 0.3 is 0 Å². The highest BCUT2D eigenvalue weighted by molar-refractivity contribution is 7.21. The zero-order valence-electron chi connectivity index (χ0n) is 24.9. The molecule has 0 amide bonds. The molecule has 0 aliphatic carbocycles. The van der Waals surface area contributed by atoms with Crippen LogP contribution in [-0.2, 0) is 6.61 Å². The number of carbonyl (C=O) groups is 1. The van der Waals surface area contributed by atoms with Gasteiger partial charge in [0.2, 0.25) is 5.78 Å². The van der Waals surface area contributed by atoms with E-state index in [-0.39, 0.29) is 24.4 Å². The minimum absolute atomic E-state index is 0.0679. The molecule has 1 saturated heterocycles. The number of ketones is 1. The van der Waals surface area contributed by atoms with Crippen molar-refractivity contribution in [2.75, 3.05) is 26.3 Å². The number of hydrogen-bond acceptors (Lipinski definition) is 5. The fourth-order valence-electron chi connectivity index (χ4n) is 6.01. The monoisotopic (exact) mass is 611 g/mol. The highest BCUT2D eigenvalue weighted by atomic mass is 32.1. The molecule has 1 aliphatic heterocycles. The number of benzene rings is 4. The predicted octanol–water partition coefficient (Wildman–Crippen LogP) is 8.95. The van der Waals surface area contributed by atoms with Crippen molar-refractivity contribution < 1.29 is 23.0 Å². The van der Waals surface area contributed by atoms with E-state index < -0.39 is 0 Å². The van der Waals surface area contributed by atoms with Gasteiger partial charge in [0, 0.05) is 40.8 Å². The molecule has 6 rings (SSSR count). The molecule has 0 bridgehead atoms. The summed E-state index contributed by atoms with van der Waals surface area (Å²) in [5.74, 6) is 1.02. The number of halogens is 2. The van der Waals surface area contributed by atoms with Crippen LogP contribution >= 0.6 is 11.3 Å². The zero-order chi connectivity index (χ0) is 30.6. The smallest absolute Gasteiger partial charge is 0.204 e. The summed E-state index contributed by atoms with van der Waals surface area (Å²) in [5, 5.41) is 0.954. The molecule has 7 heteroatoms. The number of aryl methyl sites for hydroxylation is 2. The van der Waals surface area contributed by atoms with Crippen LogP contribution in [0, 0.1) is 19.7 Å². The van der Waals surface area contributed by atoms with E-state index in [0.717, 1.165) is 64.3 Å². The Hall–Kier alpha value is -4.07. The summed E-state index contributed by atoms with van der Waals surface area (Å²) >= 11 is 1.43. The Kier molecular flexibility index (Phi) is 9.05. The molecule has 0 saturated carbocycles. The van der Waals surface area contributed by atoms with Crippen molar-refractivity contribution in [3.05, 3.63) is 118 Å². The van der Waals surface area contributed by atoms with Crippen LogP contribution in [0.3, 0.4) is 0 Å². The van der Waals surface area contributed by atoms with E-state index in [2.05, 4.69) is 4.90 Å². The van der Waals surface area contributed by atoms with Gasteiger partial charge in [-0.25, -0.2) is 4.39 Å². The number of thiophene rings is 1. The van der Waals surface area contributed by atoms with Crippen LogP contribution in [0.25, 0.3) is 21.2 Å². The highest BCUT2D eigenvalue weighted by Crippen LogP contribution is 2.42. The second-order valence-electron chi connectivity index (χ2n) is 11.4. The first-order valence-electron chi connectivity index (χ1n) is 15.0. The van der Waals surface area contributed by atoms with Gasteiger partial charge in [-0.3, -0.25) is 14.1 Å². The summed E-state index contributed by atoms with van der Waals surface area (Å²) < 4.78 is 40.0. The van der Waals surface area contributed by atoms with E-state index >= 15 is 0 Å². The van der Waals surface area contributed by atoms with Crippen LogP contribution in [0.4, 0.5) is 8.78 Å². The summed E-state index contributed by atoms with van der Waals surface area (Å²) in [4.78, 5) is 17.0. The standard InChI is InChI=1S/C37H35F2NO3S/c1-24-19-28(39)20-25(2)34(24)36(41)37-35(27-9-11-29(12-10-27)43-31-15-18-40(22-31)17-6-16-38)32-14-13-30(21-33(32)44-37)42-23-26-7-4-3-5-8-26/h3-5,7-14,19-21,31H,6,15-18,22-23H2,1-2H3/t31-/m1/s1. The topological polar surface area (TPSA) is 38.8 Å². The normalized spacial score (nSPS) is 15.1. The van der Waals surface area contributed by atoms with Gasteiger partial charge < -0.3 is 9.47 Å². The maximum atomic E-state index is 14.2. The van der Waals surface area contributed by atoms with Gasteiger partial charge in [0.05, 0.1) is 11.6 Å². The molecule has 0 N–H and O–H groups in total. The lowest BCUT2D eigenvalue weighted by Gasteiger charge is -2.16. The van der Waals surface area contributed by atoms with Crippen LogP contribution < -0.4 is 9.47 Å². The third kappa shape index (κ3) is 6.54. The van der Waals surface area contributed by atoms with Crippen LogP contribution in [-0.4, -0.2) is 43.1 Å². The van der Waals surface area contributed by atoms with Gasteiger partial charge in [0.25, 0.3) is 0 Å². The molecule has 0 unspecified atom stereocenters. The largest absolute Gasteiger partial charge is 0.489 e. The molecule has 4 nitrogen and oxygen atoms in total. The molecule has 5 aromatic rings. The first-order valence-corrected chi connectivity index (χ1v) is 15.8. The Labute approximate surface area is 260 Å². The second kappa shape index (κ2) is 13.3. The van der Waals surface area contributed by atoms with Gasteiger partial charge in [0.15, 0.2) is 0 Å². The Morgan fingerprint density at radius 1 is 0.955 bits per heavy atom. The molecule has 1 aromatic heterocycles. The number of rotatable bonds is 11. The third-order valence-electron chi connectivity index (χ3n) is 8.12. The molecule has 0 radical (unpaired) electrons. The van der Waals surface area contributed by atoms with Crippen molar-refractivity contribution in [3.8, 4) is 22.6 Å². The fourth-order valence-corrected chi connectivity index (χ4v) is 7.21. The predicted molar refractivity (Wildman–Crippen MR) is 173 cm³/mol. The molecule has 226 valence electrons. The van der Waals surface area contributed by atoms with Crippen molar-refractivity contribution >= 4 is 27.2 Å². The lowest BCUT2D eigenvalue weighted by atomic mass is 9.94. The van der Waals surface area contributed by atoms with Crippen LogP contribution in [0.5, 0.6) is 11.5 Å². The molecular formula is C37H35F2NO3S. The van der Waals surface area contributed by atoms with Gasteiger partial charge in [-0.05, 0) is 91.4 Å². The highest BCUT2D eigenvalue weighted by Gasteiger charge is 2.26. The quantitative estimate of drug-likeness (QED) is 0.140. The van der Waals surface area contributed by atoms with E-state index in [0.29, 0.717) is 34.6 Å². The Balaban J connectivity index is 1.32. The second-order valence-corrected chi connectivity index (χ2v) is 12.4. The number of nitrogens with zero attached hydrogens (tertiary/aromatic N) is 1. The van der Waals surface area contributed by atoms with Crippen LogP contribution in [0.15, 0.2) is 84.9 Å². The SMILES string of the molecule is Cc1cc(F)cc(C)c1C(=O)c1sc2cc(OCc3ccccc3)ccc2c1-c1ccc(O[C@@H]2CCN(CCCF)C2)cc1. The fraction of sp³-hybridized carbons (Fsp3) is 0.270. The van der Waals surface area contributed by atoms with E-state index in [1.54, 1.807) is 13.8 Å². The summed E-state index contributed by atoms with van der Waals surface area (Å²) in [7, 11) is 0. The third-order valence-corrected chi connectivity index (χ3v) is 9.27. The molecule has 0 spiro atoms. The number of carbonyl (C=O) groups excluding carboxylic acids is 1. The van der Waals surface area contributed by atoms with Crippen LogP contribution in [0.2, 0.25) is 0 Å². The van der Waals surface area contributed by atoms with Crippen molar-refractivity contribution in [1.29, 1.82) is 0 Å². The number of alkyl halides is 1. The number of likely N-dealkylation sites (tertiary alicyclic amines) is 1. The first kappa shape index (κ1) is 30.0. The summed E-state index contributed by atoms with van der Waals surface area (Å²) in [6, 6.07) is 26.6. The minimum atomic E-state index is -0.350. The van der Waals surface area contributed by atoms with Gasteiger partial charge in [-0.15, -0.1) is 11.3 Å². The van der Waals surface area contributed by atoms with Gasteiger partial charge in [-0.2, -0.15) is 0 Å². The van der Waals surface area contributed by atoms with E-state index in [1.807, 2.05) is 72.8 Å². The lowest BCUT2D eigenvalue weighted by molar-refractivity contribution is 0.104. The Bertz CT molecular complexity index is 1740. The summed E-state index contributed by atoms with van der Waals surface area (Å²) in [6.07, 6.45) is 1.53. The molecule has 2 heterocycles. The van der Waals surface area contributed by atoms with Crippen molar-refractivity contribution in [1.82, 2.24) is 4.90 Å². The van der Waals surface area contributed by atoms with E-state index in [4.69, 9.17) is 9.47 Å². The molecule has 44 heavy (non-hydrogen) atoms. The Morgan fingerprint density at radius 3 is 2.41 bits per heavy atom. The van der Waals surface area contributed by atoms with Gasteiger partial charge in [0.1, 0.15) is 30.0 Å². The average Bonchev–Trinajstić information content (AvgIpc) is 3.63. The van der Waals surface area contributed by atoms with Crippen LogP contribution in [0.1, 0.15) is 44.8 Å². The lowest BCUT2D eigenvalue weighted by Crippen LogP contribution is -2.26. The first-order chi connectivity index (χ1) is 21.4. The number of ether oxygens (including phenoxy) is 2. The maximum Gasteiger partial charge on any atom is 0.204 e. The summed E-state index contributed by atoms with van der Waals surface area (Å²) in [5.41, 5.74) is 4.58. The van der Waals surface area contributed by atoms with E-state index in [9.17, 15) is 13.6 Å². The van der Waals surface area contributed by atoms with Crippen molar-refractivity contribution in [2.24, 2.45) is 0 Å². The Morgan fingerprint density at radius 2 is 1.68 bits per heavy atom. The molecule has 1 fully saturated rings.